The quantitative estimate of drug-likeness (QED) is 0.796. The van der Waals surface area contributed by atoms with Gasteiger partial charge in [-0.2, -0.15) is 0 Å². The molecule has 1 N–H and O–H groups in total. The Hall–Kier alpha value is -1.99. The van der Waals surface area contributed by atoms with Gasteiger partial charge in [0.05, 0.1) is 20.9 Å². The van der Waals surface area contributed by atoms with Crippen molar-refractivity contribution in [1.29, 1.82) is 0 Å². The molecule has 0 spiro atoms. The van der Waals surface area contributed by atoms with Crippen molar-refractivity contribution < 1.29 is 14.3 Å². The molecule has 2 aliphatic heterocycles. The van der Waals surface area contributed by atoms with Crippen molar-refractivity contribution in [2.24, 2.45) is 5.92 Å². The number of halogens is 1. The van der Waals surface area contributed by atoms with Gasteiger partial charge >= 0.3 is 6.09 Å². The van der Waals surface area contributed by atoms with E-state index in [4.69, 9.17) is 4.98 Å². The molecule has 1 saturated heterocycles. The van der Waals surface area contributed by atoms with Crippen LogP contribution < -0.4 is 0 Å². The van der Waals surface area contributed by atoms with Crippen LogP contribution in [0.25, 0.3) is 15.9 Å². The molecule has 0 saturated carbocycles. The minimum absolute atomic E-state index is 0.281. The topological polar surface area (TPSA) is 56.7 Å². The molecule has 150 valence electrons. The number of piperidine rings is 1. The molecule has 0 bridgehead atoms. The number of thiazole rings is 1. The summed E-state index contributed by atoms with van der Waals surface area (Å²) in [6.07, 6.45) is 4.04. The fraction of sp³-hybridized carbons (Fsp3) is 0.524. The number of likely N-dealkylation sites (tertiary alicyclic amines) is 1. The summed E-state index contributed by atoms with van der Waals surface area (Å²) in [6.45, 7) is 4.69. The van der Waals surface area contributed by atoms with Gasteiger partial charge in [0, 0.05) is 24.6 Å². The van der Waals surface area contributed by atoms with Gasteiger partial charge in [-0.1, -0.05) is 19.1 Å². The van der Waals surface area contributed by atoms with E-state index >= 15 is 0 Å². The zero-order valence-corrected chi connectivity index (χ0v) is 16.9. The molecule has 7 heteroatoms. The lowest BCUT2D eigenvalue weighted by Crippen LogP contribution is -2.34. The molecule has 2 aromatic rings. The van der Waals surface area contributed by atoms with Crippen LogP contribution in [-0.2, 0) is 0 Å². The lowest BCUT2D eigenvalue weighted by Gasteiger charge is -2.30. The molecule has 0 radical (unpaired) electrons. The average Bonchev–Trinajstić information content (AvgIpc) is 3.12. The van der Waals surface area contributed by atoms with E-state index in [1.54, 1.807) is 11.3 Å². The number of hydrogen-bond acceptors (Lipinski definition) is 4. The Labute approximate surface area is 168 Å². The molecule has 3 heterocycles. The zero-order valence-electron chi connectivity index (χ0n) is 16.1. The second-order valence-electron chi connectivity index (χ2n) is 7.86. The highest BCUT2D eigenvalue weighted by molar-refractivity contribution is 7.18. The molecule has 1 amide bonds. The van der Waals surface area contributed by atoms with E-state index in [0.29, 0.717) is 24.9 Å². The van der Waals surface area contributed by atoms with Gasteiger partial charge in [-0.05, 0) is 50.4 Å². The van der Waals surface area contributed by atoms with Gasteiger partial charge in [0.15, 0.2) is 0 Å². The average molecular weight is 404 g/mol. The van der Waals surface area contributed by atoms with Crippen molar-refractivity contribution in [1.82, 2.24) is 14.8 Å². The second kappa shape index (κ2) is 8.17. The van der Waals surface area contributed by atoms with Crippen molar-refractivity contribution >= 4 is 33.3 Å². The molecule has 1 atom stereocenters. The van der Waals surface area contributed by atoms with E-state index in [0.717, 1.165) is 58.8 Å². The number of allylic oxidation sites excluding steroid dienone is 1. The second-order valence-corrected chi connectivity index (χ2v) is 8.93. The van der Waals surface area contributed by atoms with Gasteiger partial charge in [-0.15, -0.1) is 11.3 Å². The number of benzene rings is 1. The van der Waals surface area contributed by atoms with Crippen molar-refractivity contribution in [3.8, 4) is 0 Å². The summed E-state index contributed by atoms with van der Waals surface area (Å²) in [6, 6.07) is 6.08. The molecular weight excluding hydrogens is 377 g/mol. The maximum atomic E-state index is 12.5. The summed E-state index contributed by atoms with van der Waals surface area (Å²) in [5.74, 6) is 0.764. The fourth-order valence-electron chi connectivity index (χ4n) is 4.16. The molecule has 28 heavy (non-hydrogen) atoms. The Bertz CT molecular complexity index is 889. The van der Waals surface area contributed by atoms with Gasteiger partial charge in [0.2, 0.25) is 0 Å². The Morgan fingerprint density at radius 2 is 2.14 bits per heavy atom. The molecule has 1 fully saturated rings. The Kier molecular flexibility index (Phi) is 5.64. The van der Waals surface area contributed by atoms with Crippen LogP contribution in [0.5, 0.6) is 0 Å². The zero-order chi connectivity index (χ0) is 19.7. The Morgan fingerprint density at radius 1 is 1.36 bits per heavy atom. The Morgan fingerprint density at radius 3 is 2.86 bits per heavy atom. The molecule has 0 unspecified atom stereocenters. The van der Waals surface area contributed by atoms with Gasteiger partial charge in [-0.25, -0.2) is 14.2 Å². The molecular formula is C21H26FN3O2S. The molecule has 5 nitrogen and oxygen atoms in total. The lowest BCUT2D eigenvalue weighted by molar-refractivity contribution is 0.159. The fourth-order valence-corrected chi connectivity index (χ4v) is 5.28. The maximum Gasteiger partial charge on any atom is 0.411 e. The summed E-state index contributed by atoms with van der Waals surface area (Å²) in [4.78, 5) is 20.2. The first kappa shape index (κ1) is 19.3. The van der Waals surface area contributed by atoms with Crippen LogP contribution in [0.2, 0.25) is 0 Å². The highest BCUT2D eigenvalue weighted by Gasteiger charge is 2.26. The number of nitrogens with zero attached hydrogens (tertiary/aromatic N) is 3. The number of carbonyl (C=O) groups is 1. The van der Waals surface area contributed by atoms with Crippen molar-refractivity contribution in [2.75, 3.05) is 32.9 Å². The summed E-state index contributed by atoms with van der Waals surface area (Å²) in [7, 11) is 0. The molecule has 0 aliphatic carbocycles. The van der Waals surface area contributed by atoms with Gasteiger partial charge in [0.1, 0.15) is 6.67 Å². The monoisotopic (exact) mass is 403 g/mol. The van der Waals surface area contributed by atoms with E-state index in [-0.39, 0.29) is 6.67 Å². The molecule has 1 aromatic heterocycles. The van der Waals surface area contributed by atoms with Crippen LogP contribution in [-0.4, -0.2) is 58.8 Å². The van der Waals surface area contributed by atoms with Crippen LogP contribution in [0.4, 0.5) is 9.18 Å². The minimum atomic E-state index is -0.906. The van der Waals surface area contributed by atoms with Crippen LogP contribution in [0.15, 0.2) is 24.3 Å². The smallest absolute Gasteiger partial charge is 0.411 e. The highest BCUT2D eigenvalue weighted by Crippen LogP contribution is 2.36. The standard InChI is InChI=1S/C21H26FN3O2S/c1-14-2-4-18(25(13-14)21(26)27)16-3-5-19-17(12-16)23-20(28-19)15-6-9-24(10-7-15)11-8-22/h3-5,12,14-15H,2,6-11,13H2,1H3,(H,26,27)/t14-/m0/s1. The summed E-state index contributed by atoms with van der Waals surface area (Å²) < 4.78 is 13.7. The van der Waals surface area contributed by atoms with Gasteiger partial charge < -0.3 is 10.0 Å². The summed E-state index contributed by atoms with van der Waals surface area (Å²) >= 11 is 1.73. The third-order valence-corrected chi connectivity index (χ3v) is 6.97. The van der Waals surface area contributed by atoms with Crippen LogP contribution >= 0.6 is 11.3 Å². The maximum absolute atomic E-state index is 12.5. The number of aromatic nitrogens is 1. The SMILES string of the molecule is C[C@H]1CC=C(c2ccc3sc(C4CCN(CCF)CC4)nc3c2)N(C(=O)O)C1. The summed E-state index contributed by atoms with van der Waals surface area (Å²) in [5.41, 5.74) is 2.62. The van der Waals surface area contributed by atoms with E-state index in [9.17, 15) is 14.3 Å². The number of carboxylic acid groups (broad SMARTS) is 1. The predicted octanol–water partition coefficient (Wildman–Crippen LogP) is 4.81. The first-order valence-corrected chi connectivity index (χ1v) is 10.8. The normalized spacial score (nSPS) is 21.9. The third-order valence-electron chi connectivity index (χ3n) is 5.77. The van der Waals surface area contributed by atoms with Gasteiger partial charge in [0.25, 0.3) is 0 Å². The first-order valence-electron chi connectivity index (χ1n) is 9.95. The predicted molar refractivity (Wildman–Crippen MR) is 110 cm³/mol. The van der Waals surface area contributed by atoms with Crippen LogP contribution in [0, 0.1) is 5.92 Å². The lowest BCUT2D eigenvalue weighted by atomic mass is 9.97. The van der Waals surface area contributed by atoms with E-state index in [2.05, 4.69) is 17.9 Å². The molecule has 4 rings (SSSR count). The van der Waals surface area contributed by atoms with Crippen molar-refractivity contribution in [2.45, 2.75) is 32.1 Å². The van der Waals surface area contributed by atoms with Crippen molar-refractivity contribution in [3.05, 3.63) is 34.8 Å². The summed E-state index contributed by atoms with van der Waals surface area (Å²) in [5, 5.41) is 10.7. The minimum Gasteiger partial charge on any atom is -0.465 e. The number of alkyl halides is 1. The van der Waals surface area contributed by atoms with E-state index in [1.807, 2.05) is 18.2 Å². The Balaban J connectivity index is 1.56. The van der Waals surface area contributed by atoms with E-state index < -0.39 is 6.09 Å². The number of hydrogen-bond donors (Lipinski definition) is 1. The van der Waals surface area contributed by atoms with Crippen LogP contribution in [0.1, 0.15) is 42.7 Å². The van der Waals surface area contributed by atoms with Crippen molar-refractivity contribution in [3.63, 3.8) is 0 Å². The first-order chi connectivity index (χ1) is 13.5. The van der Waals surface area contributed by atoms with Crippen LogP contribution in [0.3, 0.4) is 0 Å². The number of amides is 1. The number of rotatable bonds is 4. The van der Waals surface area contributed by atoms with E-state index in [1.165, 1.54) is 4.90 Å². The van der Waals surface area contributed by atoms with Gasteiger partial charge in [-0.3, -0.25) is 4.90 Å². The number of fused-ring (bicyclic) bond motifs is 1. The molecule has 1 aromatic carbocycles. The largest absolute Gasteiger partial charge is 0.465 e. The third kappa shape index (κ3) is 3.91. The highest BCUT2D eigenvalue weighted by atomic mass is 32.1. The molecule has 2 aliphatic rings.